The molecule has 3 aliphatic carbocycles. The predicted molar refractivity (Wildman–Crippen MR) is 121 cm³/mol. The van der Waals surface area contributed by atoms with Gasteiger partial charge in [0.2, 0.25) is 5.91 Å². The zero-order chi connectivity index (χ0) is 26.1. The number of hydrogen-bond donors (Lipinski definition) is 4. The molecule has 0 radical (unpaired) electrons. The number of benzene rings is 1. The fraction of sp³-hybridized carbons (Fsp3) is 0.440. The lowest BCUT2D eigenvalue weighted by Gasteiger charge is -2.56. The van der Waals surface area contributed by atoms with Gasteiger partial charge in [0.25, 0.3) is 0 Å². The molecule has 1 amide bonds. The average Bonchev–Trinajstić information content (AvgIpc) is 2.77. The Morgan fingerprint density at radius 1 is 1.20 bits per heavy atom. The molecule has 3 aliphatic rings. The van der Waals surface area contributed by atoms with Crippen LogP contribution in [0.25, 0.3) is 6.08 Å². The van der Waals surface area contributed by atoms with Gasteiger partial charge in [0, 0.05) is 11.5 Å². The molecule has 0 aromatic heterocycles. The van der Waals surface area contributed by atoms with Crippen molar-refractivity contribution in [2.45, 2.75) is 30.6 Å². The lowest BCUT2D eigenvalue weighted by Crippen LogP contribution is -2.77. The Morgan fingerprint density at radius 2 is 1.83 bits per heavy atom. The molecular weight excluding hydrogens is 456 g/mol. The quantitative estimate of drug-likeness (QED) is 0.317. The van der Waals surface area contributed by atoms with Crippen LogP contribution in [0.3, 0.4) is 0 Å². The third-order valence-corrected chi connectivity index (χ3v) is 7.78. The van der Waals surface area contributed by atoms with Gasteiger partial charge in [-0.2, -0.15) is 0 Å². The normalized spacial score (nSPS) is 36.2. The van der Waals surface area contributed by atoms with E-state index in [0.29, 0.717) is 5.56 Å². The van der Waals surface area contributed by atoms with Crippen molar-refractivity contribution in [3.8, 4) is 5.75 Å². The summed E-state index contributed by atoms with van der Waals surface area (Å²) in [6, 6.07) is 1.73. The zero-order valence-electron chi connectivity index (χ0n) is 19.4. The van der Waals surface area contributed by atoms with E-state index >= 15 is 0 Å². The molecule has 1 aromatic carbocycles. The first kappa shape index (κ1) is 24.7. The van der Waals surface area contributed by atoms with Crippen molar-refractivity contribution in [1.29, 1.82) is 0 Å². The van der Waals surface area contributed by atoms with Crippen molar-refractivity contribution < 1.29 is 39.3 Å². The summed E-state index contributed by atoms with van der Waals surface area (Å²) in [5.74, 6) is -13.4. The van der Waals surface area contributed by atoms with E-state index in [1.54, 1.807) is 13.0 Å². The van der Waals surface area contributed by atoms with Crippen LogP contribution in [0.5, 0.6) is 5.75 Å². The molecule has 2 unspecified atom stereocenters. The number of aliphatic hydroxyl groups excluding tert-OH is 1. The van der Waals surface area contributed by atoms with Crippen molar-refractivity contribution in [2.24, 2.45) is 29.4 Å². The lowest BCUT2D eigenvalue weighted by molar-refractivity contribution is -0.196. The van der Waals surface area contributed by atoms with E-state index in [1.165, 1.54) is 31.1 Å². The van der Waals surface area contributed by atoms with E-state index < -0.39 is 82.1 Å². The molecule has 0 bridgehead atoms. The Labute approximate surface area is 200 Å². The molecule has 2 fully saturated rings. The van der Waals surface area contributed by atoms with E-state index in [4.69, 9.17) is 5.73 Å². The molecule has 10 heteroatoms. The van der Waals surface area contributed by atoms with Crippen LogP contribution in [0, 0.1) is 23.7 Å². The highest BCUT2D eigenvalue weighted by Gasteiger charge is 2.72. The summed E-state index contributed by atoms with van der Waals surface area (Å²) in [7, 11) is 2.88. The molecule has 184 valence electrons. The molecule has 35 heavy (non-hydrogen) atoms. The largest absolute Gasteiger partial charge is 0.507 e. The Balaban J connectivity index is 1.97. The molecule has 10 nitrogen and oxygen atoms in total. The van der Waals surface area contributed by atoms with Crippen LogP contribution in [-0.4, -0.2) is 81.1 Å². The maximum absolute atomic E-state index is 13.8. The molecule has 8 atom stereocenters. The van der Waals surface area contributed by atoms with Gasteiger partial charge in [-0.1, -0.05) is 25.6 Å². The second kappa shape index (κ2) is 8.07. The van der Waals surface area contributed by atoms with Crippen molar-refractivity contribution in [3.63, 3.8) is 0 Å². The van der Waals surface area contributed by atoms with Gasteiger partial charge in [-0.05, 0) is 31.7 Å². The van der Waals surface area contributed by atoms with Crippen molar-refractivity contribution >= 4 is 35.1 Å². The Hall–Kier alpha value is -3.43. The fourth-order valence-corrected chi connectivity index (χ4v) is 6.23. The Bertz CT molecular complexity index is 1250. The number of hydrogen-bond acceptors (Lipinski definition) is 9. The van der Waals surface area contributed by atoms with E-state index in [0.717, 1.165) is 0 Å². The summed E-state index contributed by atoms with van der Waals surface area (Å²) < 4.78 is 0. The summed E-state index contributed by atoms with van der Waals surface area (Å²) in [6.45, 7) is 5.09. The molecule has 1 aromatic rings. The maximum Gasteiger partial charge on any atom is 0.235 e. The van der Waals surface area contributed by atoms with Crippen LogP contribution in [0.15, 0.2) is 24.4 Å². The third-order valence-electron chi connectivity index (χ3n) is 7.78. The molecule has 0 aliphatic heterocycles. The highest BCUT2D eigenvalue weighted by molar-refractivity contribution is 6.32. The van der Waals surface area contributed by atoms with Crippen LogP contribution in [0.1, 0.15) is 34.3 Å². The first-order chi connectivity index (χ1) is 16.3. The second-order valence-electron chi connectivity index (χ2n) is 9.68. The number of phenols is 1. The Morgan fingerprint density at radius 3 is 2.37 bits per heavy atom. The number of amides is 1. The van der Waals surface area contributed by atoms with Gasteiger partial charge in [-0.3, -0.25) is 28.9 Å². The van der Waals surface area contributed by atoms with Gasteiger partial charge in [0.15, 0.2) is 34.7 Å². The molecule has 2 saturated carbocycles. The number of aliphatic hydroxyl groups is 2. The van der Waals surface area contributed by atoms with Gasteiger partial charge < -0.3 is 21.1 Å². The summed E-state index contributed by atoms with van der Waals surface area (Å²) >= 11 is 0. The maximum atomic E-state index is 13.8. The number of nitrogens with two attached hydrogens (primary N) is 1. The number of carbonyl (C=O) groups is 5. The third kappa shape index (κ3) is 3.04. The van der Waals surface area contributed by atoms with Crippen LogP contribution >= 0.6 is 0 Å². The van der Waals surface area contributed by atoms with Crippen molar-refractivity contribution in [2.75, 3.05) is 14.1 Å². The summed E-state index contributed by atoms with van der Waals surface area (Å²) in [5, 5.41) is 33.8. The van der Waals surface area contributed by atoms with Crippen LogP contribution < -0.4 is 5.73 Å². The van der Waals surface area contributed by atoms with Gasteiger partial charge in [0.1, 0.15) is 5.75 Å². The average molecular weight is 482 g/mol. The topological polar surface area (TPSA) is 175 Å². The lowest BCUT2D eigenvalue weighted by atomic mass is 9.49. The molecule has 0 saturated heterocycles. The van der Waals surface area contributed by atoms with E-state index in [1.807, 2.05) is 0 Å². The molecular formula is C25H26N2O8. The monoisotopic (exact) mass is 482 g/mol. The number of ketones is 4. The van der Waals surface area contributed by atoms with Crippen LogP contribution in [0.2, 0.25) is 0 Å². The number of nitrogens with zero attached hydrogens (tertiary/aromatic N) is 1. The van der Waals surface area contributed by atoms with Crippen LogP contribution in [-0.2, 0) is 19.2 Å². The highest BCUT2D eigenvalue weighted by Crippen LogP contribution is 2.54. The minimum absolute atomic E-state index is 0.166. The van der Waals surface area contributed by atoms with Crippen molar-refractivity contribution in [1.82, 2.24) is 4.90 Å². The predicted octanol–water partition coefficient (Wildman–Crippen LogP) is -0.803. The number of carbonyl (C=O) groups excluding carboxylic acids is 5. The van der Waals surface area contributed by atoms with Gasteiger partial charge in [0.05, 0.1) is 29.5 Å². The SMILES string of the molecule is C=C=Cc1ccc2c(c1O)C(=O)C1C(=O)[C@@]3(O)C(=O)C(C(N)=O)C(=O)[C@H](N(C)C)[C@H]3[C@H](O)[C@H]1[C@@H]2C. The standard InChI is InChI=1S/C25H26N2O8/c1-5-6-10-7-8-11-9(2)12-14(19(29)13(11)18(10)28)22(32)25(35)16(20(12)30)17(27(3)4)21(31)15(23(25)33)24(26)34/h6-9,12,14-17,20,28,30,35H,1H2,2-4H3,(H2,26,34)/t9-,12+,14?,15?,16+,17-,20-,25-/m1/s1. The minimum Gasteiger partial charge on any atom is -0.507 e. The molecule has 5 N–H and O–H groups in total. The summed E-state index contributed by atoms with van der Waals surface area (Å²) in [6.07, 6.45) is -0.310. The molecule has 4 rings (SSSR count). The first-order valence-electron chi connectivity index (χ1n) is 11.1. The number of likely N-dealkylation sites (N-methyl/N-ethyl adjacent to an activating group) is 1. The van der Waals surface area contributed by atoms with Crippen molar-refractivity contribution in [3.05, 3.63) is 41.1 Å². The molecule has 0 spiro atoms. The number of phenolic OH excluding ortho intramolecular Hbond substituents is 1. The number of primary amides is 1. The first-order valence-corrected chi connectivity index (χ1v) is 11.1. The second-order valence-corrected chi connectivity index (χ2v) is 9.68. The van der Waals surface area contributed by atoms with E-state index in [-0.39, 0.29) is 11.1 Å². The minimum atomic E-state index is -3.01. The number of fused-ring (bicyclic) bond motifs is 3. The number of Topliss-reactive ketones (excluding diaryl/α,β-unsaturated/α-hetero) is 4. The van der Waals surface area contributed by atoms with Gasteiger partial charge in [-0.25, -0.2) is 0 Å². The Kier molecular flexibility index (Phi) is 5.69. The highest BCUT2D eigenvalue weighted by atomic mass is 16.3. The zero-order valence-corrected chi connectivity index (χ0v) is 19.4. The van der Waals surface area contributed by atoms with Crippen LogP contribution in [0.4, 0.5) is 0 Å². The van der Waals surface area contributed by atoms with E-state index in [9.17, 15) is 39.3 Å². The molecule has 0 heterocycles. The number of aromatic hydroxyl groups is 1. The summed E-state index contributed by atoms with van der Waals surface area (Å²) in [5.41, 5.74) is 5.20. The van der Waals surface area contributed by atoms with Gasteiger partial charge >= 0.3 is 0 Å². The van der Waals surface area contributed by atoms with E-state index in [2.05, 4.69) is 12.3 Å². The number of rotatable bonds is 3. The summed E-state index contributed by atoms with van der Waals surface area (Å²) in [4.78, 5) is 67.1. The van der Waals surface area contributed by atoms with Gasteiger partial charge in [-0.15, -0.1) is 5.73 Å². The fourth-order valence-electron chi connectivity index (χ4n) is 6.23. The smallest absolute Gasteiger partial charge is 0.235 e.